The molecule has 0 saturated carbocycles. The Hall–Kier alpha value is -1.57. The second-order valence-corrected chi connectivity index (χ2v) is 4.46. The normalized spacial score (nSPS) is 13.5. The standard InChI is InChI=1S/C13H15ClN2O2/c1-4-13(2,18-3)12(17)16-10-6-5-9(8-15)11(14)7-10/h5-7H,4H2,1-3H3,(H,16,17). The number of ether oxygens (including phenoxy) is 1. The van der Waals surface area contributed by atoms with E-state index in [4.69, 9.17) is 21.6 Å². The van der Waals surface area contributed by atoms with Crippen molar-refractivity contribution in [3.05, 3.63) is 28.8 Å². The highest BCUT2D eigenvalue weighted by Gasteiger charge is 2.30. The van der Waals surface area contributed by atoms with Crippen LogP contribution in [0.4, 0.5) is 5.69 Å². The monoisotopic (exact) mass is 266 g/mol. The number of rotatable bonds is 4. The minimum Gasteiger partial charge on any atom is -0.369 e. The number of carbonyl (C=O) groups excluding carboxylic acids is 1. The van der Waals surface area contributed by atoms with Gasteiger partial charge >= 0.3 is 0 Å². The summed E-state index contributed by atoms with van der Waals surface area (Å²) in [5.41, 5.74) is 0.0424. The molecule has 0 saturated heterocycles. The Morgan fingerprint density at radius 2 is 2.28 bits per heavy atom. The first-order valence-electron chi connectivity index (χ1n) is 5.53. The van der Waals surface area contributed by atoms with E-state index in [9.17, 15) is 4.79 Å². The van der Waals surface area contributed by atoms with Gasteiger partial charge in [-0.25, -0.2) is 0 Å². The van der Waals surface area contributed by atoms with Crippen LogP contribution in [0.1, 0.15) is 25.8 Å². The lowest BCUT2D eigenvalue weighted by atomic mass is 10.0. The highest BCUT2D eigenvalue weighted by Crippen LogP contribution is 2.22. The van der Waals surface area contributed by atoms with E-state index in [1.165, 1.54) is 7.11 Å². The summed E-state index contributed by atoms with van der Waals surface area (Å²) in [7, 11) is 1.49. The van der Waals surface area contributed by atoms with Gasteiger partial charge in [0.1, 0.15) is 11.7 Å². The van der Waals surface area contributed by atoms with Gasteiger partial charge in [-0.3, -0.25) is 4.79 Å². The molecule has 5 heteroatoms. The van der Waals surface area contributed by atoms with Crippen molar-refractivity contribution >= 4 is 23.2 Å². The van der Waals surface area contributed by atoms with Gasteiger partial charge in [0.15, 0.2) is 0 Å². The van der Waals surface area contributed by atoms with E-state index in [0.717, 1.165) is 0 Å². The van der Waals surface area contributed by atoms with E-state index in [2.05, 4.69) is 5.32 Å². The summed E-state index contributed by atoms with van der Waals surface area (Å²) >= 11 is 5.89. The summed E-state index contributed by atoms with van der Waals surface area (Å²) in [6.45, 7) is 3.59. The summed E-state index contributed by atoms with van der Waals surface area (Å²) in [6, 6.07) is 6.70. The molecule has 0 radical (unpaired) electrons. The number of anilines is 1. The molecule has 4 nitrogen and oxygen atoms in total. The van der Waals surface area contributed by atoms with Crippen LogP contribution in [0.15, 0.2) is 18.2 Å². The fraction of sp³-hybridized carbons (Fsp3) is 0.385. The minimum atomic E-state index is -0.875. The van der Waals surface area contributed by atoms with Gasteiger partial charge in [-0.15, -0.1) is 0 Å². The first-order valence-corrected chi connectivity index (χ1v) is 5.91. The van der Waals surface area contributed by atoms with Crippen LogP contribution in [0, 0.1) is 11.3 Å². The van der Waals surface area contributed by atoms with E-state index in [0.29, 0.717) is 22.7 Å². The molecule has 1 aromatic carbocycles. The number of nitrogens with zero attached hydrogens (tertiary/aromatic N) is 1. The Kier molecular flexibility index (Phi) is 4.71. The lowest BCUT2D eigenvalue weighted by Gasteiger charge is -2.25. The highest BCUT2D eigenvalue weighted by molar-refractivity contribution is 6.32. The van der Waals surface area contributed by atoms with Crippen molar-refractivity contribution in [2.45, 2.75) is 25.9 Å². The number of hydrogen-bond acceptors (Lipinski definition) is 3. The summed E-state index contributed by atoms with van der Waals surface area (Å²) in [6.07, 6.45) is 0.555. The zero-order chi connectivity index (χ0) is 13.8. The molecule has 0 fully saturated rings. The third-order valence-corrected chi connectivity index (χ3v) is 3.27. The molecule has 0 heterocycles. The Labute approximate surface area is 112 Å². The van der Waals surface area contributed by atoms with Crippen LogP contribution < -0.4 is 5.32 Å². The summed E-state index contributed by atoms with van der Waals surface area (Å²) in [5, 5.41) is 11.8. The second-order valence-electron chi connectivity index (χ2n) is 4.05. The molecule has 0 aliphatic carbocycles. The lowest BCUT2D eigenvalue weighted by molar-refractivity contribution is -0.136. The first-order chi connectivity index (χ1) is 8.46. The minimum absolute atomic E-state index is 0.242. The van der Waals surface area contributed by atoms with Gasteiger partial charge < -0.3 is 10.1 Å². The van der Waals surface area contributed by atoms with Gasteiger partial charge in [0.25, 0.3) is 5.91 Å². The fourth-order valence-corrected chi connectivity index (χ4v) is 1.57. The van der Waals surface area contributed by atoms with Crippen molar-refractivity contribution in [3.8, 4) is 6.07 Å². The molecule has 1 amide bonds. The van der Waals surface area contributed by atoms with Crippen molar-refractivity contribution in [2.75, 3.05) is 12.4 Å². The number of halogens is 1. The molecule has 96 valence electrons. The maximum absolute atomic E-state index is 12.0. The van der Waals surface area contributed by atoms with Crippen molar-refractivity contribution in [3.63, 3.8) is 0 Å². The molecule has 1 atom stereocenters. The molecule has 0 aliphatic heterocycles. The molecule has 1 aromatic rings. The molecule has 0 spiro atoms. The summed E-state index contributed by atoms with van der Waals surface area (Å²) in [5.74, 6) is -0.242. The maximum Gasteiger partial charge on any atom is 0.256 e. The molecule has 1 N–H and O–H groups in total. The van der Waals surface area contributed by atoms with Crippen LogP contribution in [0.5, 0.6) is 0 Å². The van der Waals surface area contributed by atoms with Crippen LogP contribution in [-0.2, 0) is 9.53 Å². The second kappa shape index (κ2) is 5.85. The average molecular weight is 267 g/mol. The molecule has 0 aromatic heterocycles. The molecule has 0 bridgehead atoms. The predicted octanol–water partition coefficient (Wildman–Crippen LogP) is 2.97. The number of benzene rings is 1. The molecule has 1 unspecified atom stereocenters. The van der Waals surface area contributed by atoms with Gasteiger partial charge in [0.05, 0.1) is 10.6 Å². The SMILES string of the molecule is CCC(C)(OC)C(=O)Nc1ccc(C#N)c(Cl)c1. The maximum atomic E-state index is 12.0. The van der Waals surface area contributed by atoms with E-state index < -0.39 is 5.60 Å². The number of amides is 1. The molecule has 18 heavy (non-hydrogen) atoms. The van der Waals surface area contributed by atoms with E-state index >= 15 is 0 Å². The third-order valence-electron chi connectivity index (χ3n) is 2.95. The average Bonchev–Trinajstić information content (AvgIpc) is 2.38. The number of carbonyl (C=O) groups is 1. The number of nitriles is 1. The first kappa shape index (κ1) is 14.5. The van der Waals surface area contributed by atoms with Crippen molar-refractivity contribution < 1.29 is 9.53 Å². The Morgan fingerprint density at radius 3 is 2.72 bits per heavy atom. The topological polar surface area (TPSA) is 62.1 Å². The summed E-state index contributed by atoms with van der Waals surface area (Å²) in [4.78, 5) is 12.0. The van der Waals surface area contributed by atoms with E-state index in [1.807, 2.05) is 13.0 Å². The van der Waals surface area contributed by atoms with Gasteiger partial charge in [-0.2, -0.15) is 5.26 Å². The predicted molar refractivity (Wildman–Crippen MR) is 70.5 cm³/mol. The smallest absolute Gasteiger partial charge is 0.256 e. The van der Waals surface area contributed by atoms with Gasteiger partial charge in [-0.05, 0) is 31.5 Å². The van der Waals surface area contributed by atoms with Crippen LogP contribution in [0.3, 0.4) is 0 Å². The number of nitrogens with one attached hydrogen (secondary N) is 1. The number of hydrogen-bond donors (Lipinski definition) is 1. The molecular formula is C13H15ClN2O2. The lowest BCUT2D eigenvalue weighted by Crippen LogP contribution is -2.41. The van der Waals surface area contributed by atoms with Gasteiger partial charge in [-0.1, -0.05) is 18.5 Å². The highest BCUT2D eigenvalue weighted by atomic mass is 35.5. The Balaban J connectivity index is 2.90. The van der Waals surface area contributed by atoms with Crippen LogP contribution in [0.2, 0.25) is 5.02 Å². The Bertz CT molecular complexity index is 490. The van der Waals surface area contributed by atoms with Crippen molar-refractivity contribution in [1.82, 2.24) is 0 Å². The quantitative estimate of drug-likeness (QED) is 0.911. The largest absolute Gasteiger partial charge is 0.369 e. The molecule has 0 aliphatic rings. The van der Waals surface area contributed by atoms with Gasteiger partial charge in [0, 0.05) is 12.8 Å². The van der Waals surface area contributed by atoms with E-state index in [1.54, 1.807) is 25.1 Å². The van der Waals surface area contributed by atoms with Crippen LogP contribution in [0.25, 0.3) is 0 Å². The van der Waals surface area contributed by atoms with Crippen LogP contribution in [-0.4, -0.2) is 18.6 Å². The zero-order valence-electron chi connectivity index (χ0n) is 10.6. The van der Waals surface area contributed by atoms with Crippen molar-refractivity contribution in [2.24, 2.45) is 0 Å². The van der Waals surface area contributed by atoms with Crippen LogP contribution >= 0.6 is 11.6 Å². The molecule has 1 rings (SSSR count). The fourth-order valence-electron chi connectivity index (χ4n) is 1.34. The Morgan fingerprint density at radius 1 is 1.61 bits per heavy atom. The van der Waals surface area contributed by atoms with E-state index in [-0.39, 0.29) is 5.91 Å². The summed E-state index contributed by atoms with van der Waals surface area (Å²) < 4.78 is 5.20. The number of methoxy groups -OCH3 is 1. The van der Waals surface area contributed by atoms with Gasteiger partial charge in [0.2, 0.25) is 0 Å². The van der Waals surface area contributed by atoms with Crippen molar-refractivity contribution in [1.29, 1.82) is 5.26 Å². The third kappa shape index (κ3) is 3.00. The molecular weight excluding hydrogens is 252 g/mol. The zero-order valence-corrected chi connectivity index (χ0v) is 11.3.